The van der Waals surface area contributed by atoms with Gasteiger partial charge >= 0.3 is 5.97 Å². The van der Waals surface area contributed by atoms with E-state index in [4.69, 9.17) is 16.7 Å². The molecule has 1 unspecified atom stereocenters. The van der Waals surface area contributed by atoms with Gasteiger partial charge in [-0.2, -0.15) is 0 Å². The molecule has 0 saturated heterocycles. The molecule has 4 saturated carbocycles. The molecule has 5 rings (SSSR count). The van der Waals surface area contributed by atoms with Gasteiger partial charge < -0.3 is 10.4 Å². The van der Waals surface area contributed by atoms with E-state index in [1.54, 1.807) is 0 Å². The number of hydrogen-bond donors (Lipinski definition) is 2. The van der Waals surface area contributed by atoms with Crippen molar-refractivity contribution < 1.29 is 14.7 Å². The third kappa shape index (κ3) is 3.81. The molecule has 146 valence electrons. The van der Waals surface area contributed by atoms with E-state index < -0.39 is 5.97 Å². The van der Waals surface area contributed by atoms with Gasteiger partial charge in [0.2, 0.25) is 5.91 Å². The average Bonchev–Trinajstić information content (AvgIpc) is 2.59. The number of rotatable bonds is 6. The van der Waals surface area contributed by atoms with Crippen LogP contribution in [0.15, 0.2) is 11.4 Å². The summed E-state index contributed by atoms with van der Waals surface area (Å²) in [6, 6.07) is 0.166. The number of aromatic carboxylic acids is 1. The van der Waals surface area contributed by atoms with Crippen molar-refractivity contribution in [3.8, 4) is 0 Å². The SMILES string of the molecule is CC(NC(=O)CSc1ncc(Cl)c(C(=O)O)n1)C12CC3CC(CC(C3)C1)C2. The molecule has 4 bridgehead atoms. The zero-order valence-corrected chi connectivity index (χ0v) is 16.9. The van der Waals surface area contributed by atoms with Crippen LogP contribution in [0.2, 0.25) is 5.02 Å². The Morgan fingerprint density at radius 3 is 2.44 bits per heavy atom. The summed E-state index contributed by atoms with van der Waals surface area (Å²) in [6.07, 6.45) is 9.15. The molecule has 4 aliphatic carbocycles. The van der Waals surface area contributed by atoms with E-state index in [1.807, 2.05) is 0 Å². The van der Waals surface area contributed by atoms with Crippen molar-refractivity contribution in [1.29, 1.82) is 0 Å². The Kier molecular flexibility index (Phi) is 5.10. The summed E-state index contributed by atoms with van der Waals surface area (Å²) in [7, 11) is 0. The van der Waals surface area contributed by atoms with Crippen LogP contribution in [-0.2, 0) is 4.79 Å². The molecule has 1 heterocycles. The molecular weight excluding hydrogens is 386 g/mol. The second-order valence-corrected chi connectivity index (χ2v) is 9.86. The molecule has 1 amide bonds. The highest BCUT2D eigenvalue weighted by Crippen LogP contribution is 2.61. The lowest BCUT2D eigenvalue weighted by molar-refractivity contribution is -0.123. The molecule has 0 spiro atoms. The zero-order chi connectivity index (χ0) is 19.2. The second kappa shape index (κ2) is 7.24. The Hall–Kier alpha value is -1.34. The first-order chi connectivity index (χ1) is 12.8. The second-order valence-electron chi connectivity index (χ2n) is 8.51. The van der Waals surface area contributed by atoms with Crippen molar-refractivity contribution in [2.45, 2.75) is 56.6 Å². The Balaban J connectivity index is 1.35. The van der Waals surface area contributed by atoms with Gasteiger partial charge in [-0.25, -0.2) is 14.8 Å². The van der Waals surface area contributed by atoms with Crippen molar-refractivity contribution in [3.63, 3.8) is 0 Å². The Morgan fingerprint density at radius 1 is 1.30 bits per heavy atom. The minimum atomic E-state index is -1.20. The van der Waals surface area contributed by atoms with Crippen LogP contribution in [0.3, 0.4) is 0 Å². The predicted molar refractivity (Wildman–Crippen MR) is 103 cm³/mol. The smallest absolute Gasteiger partial charge is 0.356 e. The fourth-order valence-corrected chi connectivity index (χ4v) is 6.64. The number of carbonyl (C=O) groups excluding carboxylic acids is 1. The molecule has 4 fully saturated rings. The number of thioether (sulfide) groups is 1. The highest BCUT2D eigenvalue weighted by molar-refractivity contribution is 7.99. The first kappa shape index (κ1) is 19.0. The van der Waals surface area contributed by atoms with E-state index in [-0.39, 0.29) is 39.0 Å². The van der Waals surface area contributed by atoms with Crippen LogP contribution in [0.25, 0.3) is 0 Å². The summed E-state index contributed by atoms with van der Waals surface area (Å²) >= 11 is 6.91. The van der Waals surface area contributed by atoms with Crippen LogP contribution < -0.4 is 5.32 Å². The number of carbonyl (C=O) groups is 2. The third-order valence-corrected chi connectivity index (χ3v) is 7.78. The van der Waals surface area contributed by atoms with E-state index in [1.165, 1.54) is 44.7 Å². The van der Waals surface area contributed by atoms with Gasteiger partial charge in [-0.3, -0.25) is 4.79 Å². The first-order valence-electron chi connectivity index (χ1n) is 9.52. The summed E-state index contributed by atoms with van der Waals surface area (Å²) in [5.74, 6) is 1.45. The van der Waals surface area contributed by atoms with Gasteiger partial charge in [-0.15, -0.1) is 0 Å². The van der Waals surface area contributed by atoms with E-state index in [0.29, 0.717) is 0 Å². The lowest BCUT2D eigenvalue weighted by Crippen LogP contribution is -2.56. The molecule has 1 aromatic rings. The standard InChI is InChI=1S/C19H24ClN3O3S/c1-10(19-5-11-2-12(6-19)4-13(3-11)7-19)22-15(24)9-27-18-21-8-14(20)16(23-18)17(25)26/h8,10-13H,2-7,9H2,1H3,(H,22,24)(H,25,26). The Bertz CT molecular complexity index is 737. The van der Waals surface area contributed by atoms with Crippen molar-refractivity contribution >= 4 is 35.2 Å². The number of nitrogens with zero attached hydrogens (tertiary/aromatic N) is 2. The van der Waals surface area contributed by atoms with Gasteiger partial charge in [-0.1, -0.05) is 23.4 Å². The molecular formula is C19H24ClN3O3S. The third-order valence-electron chi connectivity index (χ3n) is 6.64. The Labute approximate surface area is 167 Å². The molecule has 4 aliphatic rings. The zero-order valence-electron chi connectivity index (χ0n) is 15.3. The van der Waals surface area contributed by atoms with Crippen LogP contribution in [0, 0.1) is 23.2 Å². The molecule has 1 atom stereocenters. The number of hydrogen-bond acceptors (Lipinski definition) is 5. The quantitative estimate of drug-likeness (QED) is 0.550. The minimum Gasteiger partial charge on any atom is -0.476 e. The predicted octanol–water partition coefficient (Wildman–Crippen LogP) is 3.64. The van der Waals surface area contributed by atoms with Crippen LogP contribution in [-0.4, -0.2) is 38.7 Å². The molecule has 0 aliphatic heterocycles. The number of aromatic nitrogens is 2. The minimum absolute atomic E-state index is 0.00765. The number of amides is 1. The molecule has 1 aromatic heterocycles. The van der Waals surface area contributed by atoms with Crippen LogP contribution in [0.1, 0.15) is 55.9 Å². The van der Waals surface area contributed by atoms with E-state index >= 15 is 0 Å². The number of carboxylic acids is 1. The molecule has 8 heteroatoms. The molecule has 0 radical (unpaired) electrons. The van der Waals surface area contributed by atoms with Gasteiger partial charge in [-0.05, 0) is 68.6 Å². The molecule has 27 heavy (non-hydrogen) atoms. The highest BCUT2D eigenvalue weighted by atomic mass is 35.5. The maximum atomic E-state index is 12.5. The van der Waals surface area contributed by atoms with Gasteiger partial charge in [0.1, 0.15) is 0 Å². The fourth-order valence-electron chi connectivity index (χ4n) is 5.84. The number of carboxylic acid groups (broad SMARTS) is 1. The van der Waals surface area contributed by atoms with E-state index in [0.717, 1.165) is 29.5 Å². The number of halogens is 1. The van der Waals surface area contributed by atoms with E-state index in [2.05, 4.69) is 22.2 Å². The van der Waals surface area contributed by atoms with Gasteiger partial charge in [0.25, 0.3) is 0 Å². The molecule has 0 aromatic carbocycles. The summed E-state index contributed by atoms with van der Waals surface area (Å²) in [5.41, 5.74) is 0.0269. The van der Waals surface area contributed by atoms with Crippen molar-refractivity contribution in [1.82, 2.24) is 15.3 Å². The fraction of sp³-hybridized carbons (Fsp3) is 0.684. The highest BCUT2D eigenvalue weighted by Gasteiger charge is 2.53. The summed E-state index contributed by atoms with van der Waals surface area (Å²) in [5, 5.41) is 12.5. The maximum Gasteiger partial charge on any atom is 0.356 e. The average molecular weight is 410 g/mol. The van der Waals surface area contributed by atoms with Crippen LogP contribution in [0.4, 0.5) is 0 Å². The molecule has 2 N–H and O–H groups in total. The summed E-state index contributed by atoms with van der Waals surface area (Å²) < 4.78 is 0. The normalized spacial score (nSPS) is 32.3. The lowest BCUT2D eigenvalue weighted by atomic mass is 9.48. The van der Waals surface area contributed by atoms with Gasteiger partial charge in [0, 0.05) is 6.04 Å². The number of nitrogens with one attached hydrogen (secondary N) is 1. The van der Waals surface area contributed by atoms with E-state index in [9.17, 15) is 9.59 Å². The maximum absolute atomic E-state index is 12.5. The Morgan fingerprint density at radius 2 is 1.89 bits per heavy atom. The van der Waals surface area contributed by atoms with Crippen molar-refractivity contribution in [3.05, 3.63) is 16.9 Å². The topological polar surface area (TPSA) is 92.2 Å². The molecule has 6 nitrogen and oxygen atoms in total. The lowest BCUT2D eigenvalue weighted by Gasteiger charge is -2.59. The monoisotopic (exact) mass is 409 g/mol. The first-order valence-corrected chi connectivity index (χ1v) is 10.9. The van der Waals surface area contributed by atoms with Gasteiger partial charge in [0.15, 0.2) is 10.9 Å². The van der Waals surface area contributed by atoms with Crippen LogP contribution in [0.5, 0.6) is 0 Å². The van der Waals surface area contributed by atoms with Crippen LogP contribution >= 0.6 is 23.4 Å². The van der Waals surface area contributed by atoms with Crippen molar-refractivity contribution in [2.24, 2.45) is 23.2 Å². The van der Waals surface area contributed by atoms with Crippen molar-refractivity contribution in [2.75, 3.05) is 5.75 Å². The largest absolute Gasteiger partial charge is 0.476 e. The van der Waals surface area contributed by atoms with Gasteiger partial charge in [0.05, 0.1) is 17.0 Å². The summed E-state index contributed by atoms with van der Waals surface area (Å²) in [6.45, 7) is 2.15. The summed E-state index contributed by atoms with van der Waals surface area (Å²) in [4.78, 5) is 31.5.